The average Bonchev–Trinajstić information content (AvgIpc) is 2.59. The fourth-order valence-corrected chi connectivity index (χ4v) is 2.49. The summed E-state index contributed by atoms with van der Waals surface area (Å²) in [5, 5.41) is 5.22. The van der Waals surface area contributed by atoms with Crippen LogP contribution < -0.4 is 15.4 Å². The first kappa shape index (κ1) is 18.5. The Balaban J connectivity index is 2.14. The van der Waals surface area contributed by atoms with Crippen molar-refractivity contribution in [3.8, 4) is 5.75 Å². The maximum absolute atomic E-state index is 12.1. The van der Waals surface area contributed by atoms with E-state index in [9.17, 15) is 14.4 Å². The Morgan fingerprint density at radius 2 is 1.84 bits per heavy atom. The van der Waals surface area contributed by atoms with Gasteiger partial charge in [-0.05, 0) is 38.1 Å². The summed E-state index contributed by atoms with van der Waals surface area (Å²) < 4.78 is 10.7. The quantitative estimate of drug-likeness (QED) is 0.583. The van der Waals surface area contributed by atoms with Gasteiger partial charge in [-0.3, -0.25) is 4.79 Å². The van der Waals surface area contributed by atoms with E-state index in [1.165, 1.54) is 0 Å². The lowest BCUT2D eigenvalue weighted by molar-refractivity contribution is -0.139. The Morgan fingerprint density at radius 3 is 2.44 bits per heavy atom. The number of carbonyl (C=O) groups is 3. The monoisotopic (exact) mass is 346 g/mol. The number of hydrogen-bond donors (Lipinski definition) is 2. The molecule has 2 rings (SSSR count). The van der Waals surface area contributed by atoms with Gasteiger partial charge >= 0.3 is 12.0 Å². The van der Waals surface area contributed by atoms with E-state index in [1.807, 2.05) is 0 Å². The fraction of sp³-hybridized carbons (Fsp3) is 0.389. The van der Waals surface area contributed by atoms with E-state index >= 15 is 0 Å². The molecule has 7 nitrogen and oxygen atoms in total. The van der Waals surface area contributed by atoms with Crippen molar-refractivity contribution in [2.75, 3.05) is 13.2 Å². The van der Waals surface area contributed by atoms with Gasteiger partial charge in [0.1, 0.15) is 12.4 Å². The second-order valence-corrected chi connectivity index (χ2v) is 5.52. The van der Waals surface area contributed by atoms with Crippen molar-refractivity contribution in [3.63, 3.8) is 0 Å². The highest BCUT2D eigenvalue weighted by molar-refractivity contribution is 5.96. The summed E-state index contributed by atoms with van der Waals surface area (Å²) in [7, 11) is 0. The van der Waals surface area contributed by atoms with E-state index in [2.05, 4.69) is 10.6 Å². The molecule has 1 aromatic carbocycles. The van der Waals surface area contributed by atoms with Gasteiger partial charge in [-0.15, -0.1) is 0 Å². The highest BCUT2D eigenvalue weighted by Gasteiger charge is 2.29. The number of ketones is 1. The van der Waals surface area contributed by atoms with E-state index in [0.717, 1.165) is 0 Å². The largest absolute Gasteiger partial charge is 0.487 e. The van der Waals surface area contributed by atoms with Crippen LogP contribution in [-0.2, 0) is 9.53 Å². The molecule has 7 heteroatoms. The summed E-state index contributed by atoms with van der Waals surface area (Å²) in [6.07, 6.45) is 0.437. The molecule has 134 valence electrons. The van der Waals surface area contributed by atoms with Crippen molar-refractivity contribution in [1.29, 1.82) is 0 Å². The molecular formula is C18H22N2O5. The summed E-state index contributed by atoms with van der Waals surface area (Å²) in [6.45, 7) is 5.47. The SMILES string of the molecule is CCOC(=O)C1=C(COc2ccc(C(=O)CC)cc2)NC(=O)N[C@@H]1C. The van der Waals surface area contributed by atoms with Crippen LogP contribution in [0.25, 0.3) is 0 Å². The number of Topliss-reactive ketones (excluding diaryl/α,β-unsaturated/α-hetero) is 1. The van der Waals surface area contributed by atoms with E-state index in [4.69, 9.17) is 9.47 Å². The van der Waals surface area contributed by atoms with Gasteiger partial charge in [0.2, 0.25) is 0 Å². The molecule has 2 N–H and O–H groups in total. The van der Waals surface area contributed by atoms with Crippen LogP contribution in [0.3, 0.4) is 0 Å². The Labute approximate surface area is 146 Å². The molecule has 0 saturated heterocycles. The molecule has 0 saturated carbocycles. The van der Waals surface area contributed by atoms with E-state index in [1.54, 1.807) is 45.0 Å². The minimum Gasteiger partial charge on any atom is -0.487 e. The number of urea groups is 1. The maximum atomic E-state index is 12.1. The topological polar surface area (TPSA) is 93.7 Å². The fourth-order valence-electron chi connectivity index (χ4n) is 2.49. The third-order valence-corrected chi connectivity index (χ3v) is 3.75. The number of nitrogens with one attached hydrogen (secondary N) is 2. The van der Waals surface area contributed by atoms with Crippen LogP contribution >= 0.6 is 0 Å². The zero-order chi connectivity index (χ0) is 18.4. The predicted octanol–water partition coefficient (Wildman–Crippen LogP) is 2.18. The lowest BCUT2D eigenvalue weighted by Gasteiger charge is -2.26. The number of carbonyl (C=O) groups excluding carboxylic acids is 3. The number of ether oxygens (including phenoxy) is 2. The molecule has 0 unspecified atom stereocenters. The van der Waals surface area contributed by atoms with E-state index in [-0.39, 0.29) is 19.0 Å². The zero-order valence-corrected chi connectivity index (χ0v) is 14.5. The molecule has 0 fully saturated rings. The lowest BCUT2D eigenvalue weighted by Crippen LogP contribution is -2.50. The molecule has 1 aromatic rings. The van der Waals surface area contributed by atoms with Crippen molar-refractivity contribution < 1.29 is 23.9 Å². The van der Waals surface area contributed by atoms with E-state index in [0.29, 0.717) is 29.0 Å². The molecule has 0 radical (unpaired) electrons. The number of hydrogen-bond acceptors (Lipinski definition) is 5. The maximum Gasteiger partial charge on any atom is 0.338 e. The standard InChI is InChI=1S/C18H22N2O5/c1-4-15(21)12-6-8-13(9-7-12)25-10-14-16(17(22)24-5-2)11(3)19-18(23)20-14/h6-9,11H,4-5,10H2,1-3H3,(H2,19,20,23)/t11-/m1/s1. The van der Waals surface area contributed by atoms with Gasteiger partial charge in [0.05, 0.1) is 23.9 Å². The molecule has 0 spiro atoms. The molecule has 0 aromatic heterocycles. The third-order valence-electron chi connectivity index (χ3n) is 3.75. The van der Waals surface area contributed by atoms with Crippen LogP contribution in [0, 0.1) is 0 Å². The van der Waals surface area contributed by atoms with Gasteiger partial charge in [0, 0.05) is 12.0 Å². The normalized spacial score (nSPS) is 16.8. The van der Waals surface area contributed by atoms with Crippen molar-refractivity contribution in [3.05, 3.63) is 41.1 Å². The minimum absolute atomic E-state index is 0.00692. The van der Waals surface area contributed by atoms with Crippen molar-refractivity contribution in [2.45, 2.75) is 33.2 Å². The Hall–Kier alpha value is -2.83. The zero-order valence-electron chi connectivity index (χ0n) is 14.5. The number of benzene rings is 1. The molecule has 2 amide bonds. The molecule has 25 heavy (non-hydrogen) atoms. The number of esters is 1. The van der Waals surface area contributed by atoms with Gasteiger partial charge in [-0.25, -0.2) is 9.59 Å². The smallest absolute Gasteiger partial charge is 0.338 e. The van der Waals surface area contributed by atoms with Gasteiger partial charge in [-0.2, -0.15) is 0 Å². The highest BCUT2D eigenvalue weighted by Crippen LogP contribution is 2.18. The summed E-state index contributed by atoms with van der Waals surface area (Å²) in [5.41, 5.74) is 1.31. The summed E-state index contributed by atoms with van der Waals surface area (Å²) in [5.74, 6) is 0.0899. The molecule has 0 bridgehead atoms. The number of amides is 2. The first-order chi connectivity index (χ1) is 12.0. The van der Waals surface area contributed by atoms with Crippen LogP contribution in [0.5, 0.6) is 5.75 Å². The van der Waals surface area contributed by atoms with Crippen LogP contribution in [0.1, 0.15) is 37.6 Å². The van der Waals surface area contributed by atoms with Crippen molar-refractivity contribution >= 4 is 17.8 Å². The predicted molar refractivity (Wildman–Crippen MR) is 91.3 cm³/mol. The summed E-state index contributed by atoms with van der Waals surface area (Å²) in [4.78, 5) is 35.4. The van der Waals surface area contributed by atoms with Crippen LogP contribution in [0.4, 0.5) is 4.79 Å². The summed E-state index contributed by atoms with van der Waals surface area (Å²) in [6, 6.07) is 5.86. The molecule has 0 aliphatic carbocycles. The van der Waals surface area contributed by atoms with Gasteiger partial charge < -0.3 is 20.1 Å². The van der Waals surface area contributed by atoms with Gasteiger partial charge in [0.15, 0.2) is 5.78 Å². The average molecular weight is 346 g/mol. The third kappa shape index (κ3) is 4.59. The Morgan fingerprint density at radius 1 is 1.16 bits per heavy atom. The Bertz CT molecular complexity index is 694. The summed E-state index contributed by atoms with van der Waals surface area (Å²) >= 11 is 0. The Kier molecular flexibility index (Phi) is 6.16. The second-order valence-electron chi connectivity index (χ2n) is 5.52. The minimum atomic E-state index is -0.495. The first-order valence-corrected chi connectivity index (χ1v) is 8.20. The van der Waals surface area contributed by atoms with Crippen LogP contribution in [0.15, 0.2) is 35.5 Å². The lowest BCUT2D eigenvalue weighted by atomic mass is 10.0. The molecule has 1 aliphatic heterocycles. The van der Waals surface area contributed by atoms with Crippen molar-refractivity contribution in [1.82, 2.24) is 10.6 Å². The number of rotatable bonds is 7. The second kappa shape index (κ2) is 8.32. The highest BCUT2D eigenvalue weighted by atomic mass is 16.5. The van der Waals surface area contributed by atoms with Gasteiger partial charge in [0.25, 0.3) is 0 Å². The molecule has 1 aliphatic rings. The van der Waals surface area contributed by atoms with Crippen molar-refractivity contribution in [2.24, 2.45) is 0 Å². The molecule has 1 heterocycles. The van der Waals surface area contributed by atoms with E-state index < -0.39 is 18.0 Å². The van der Waals surface area contributed by atoms with Gasteiger partial charge in [-0.1, -0.05) is 6.92 Å². The van der Waals surface area contributed by atoms with Crippen LogP contribution in [0.2, 0.25) is 0 Å². The van der Waals surface area contributed by atoms with Crippen LogP contribution in [-0.4, -0.2) is 37.0 Å². The molecule has 1 atom stereocenters. The molecular weight excluding hydrogens is 324 g/mol. The first-order valence-electron chi connectivity index (χ1n) is 8.20.